The minimum atomic E-state index is -0.324. The van der Waals surface area contributed by atoms with Gasteiger partial charge in [0.1, 0.15) is 17.7 Å². The standard InChI is InChI=1S/C19H31FN4O2.HI/c1-5-16(26-17-9-7-8-15(20)12-17)13-23-19(21-6-2)22-11-10-18(25)24-14(3)4;/h7-9,12,14,16H,5-6,10-11,13H2,1-4H3,(H,24,25)(H2,21,22,23);1H. The third-order valence-electron chi connectivity index (χ3n) is 3.45. The highest BCUT2D eigenvalue weighted by Gasteiger charge is 2.09. The van der Waals surface area contributed by atoms with Crippen LogP contribution in [0.1, 0.15) is 40.5 Å². The van der Waals surface area contributed by atoms with Gasteiger partial charge in [0.2, 0.25) is 5.91 Å². The third kappa shape index (κ3) is 11.7. The molecule has 0 fully saturated rings. The Morgan fingerprint density at radius 1 is 1.26 bits per heavy atom. The summed E-state index contributed by atoms with van der Waals surface area (Å²) in [5.74, 6) is 0.807. The van der Waals surface area contributed by atoms with Crippen LogP contribution in [0.5, 0.6) is 5.75 Å². The van der Waals surface area contributed by atoms with E-state index in [9.17, 15) is 9.18 Å². The highest BCUT2D eigenvalue weighted by molar-refractivity contribution is 14.0. The molecular weight excluding hydrogens is 462 g/mol. The first-order valence-electron chi connectivity index (χ1n) is 9.18. The second-order valence-electron chi connectivity index (χ2n) is 6.22. The van der Waals surface area contributed by atoms with Crippen molar-refractivity contribution in [1.82, 2.24) is 16.0 Å². The average Bonchev–Trinajstić information content (AvgIpc) is 2.57. The van der Waals surface area contributed by atoms with Gasteiger partial charge in [-0.15, -0.1) is 24.0 Å². The number of carbonyl (C=O) groups is 1. The Morgan fingerprint density at radius 3 is 2.59 bits per heavy atom. The van der Waals surface area contributed by atoms with Crippen LogP contribution < -0.4 is 20.7 Å². The number of amides is 1. The molecule has 0 bridgehead atoms. The van der Waals surface area contributed by atoms with Crippen molar-refractivity contribution in [1.29, 1.82) is 0 Å². The van der Waals surface area contributed by atoms with E-state index in [1.807, 2.05) is 27.7 Å². The molecule has 0 aliphatic heterocycles. The summed E-state index contributed by atoms with van der Waals surface area (Å²) in [7, 11) is 0. The fourth-order valence-electron chi connectivity index (χ4n) is 2.21. The molecule has 0 radical (unpaired) electrons. The van der Waals surface area contributed by atoms with Gasteiger partial charge in [-0.3, -0.25) is 4.79 Å². The zero-order chi connectivity index (χ0) is 19.4. The summed E-state index contributed by atoms with van der Waals surface area (Å²) in [5, 5.41) is 9.13. The van der Waals surface area contributed by atoms with E-state index in [1.54, 1.807) is 12.1 Å². The molecule has 0 saturated heterocycles. The number of carbonyl (C=O) groups excluding carboxylic acids is 1. The SMILES string of the molecule is CCNC(=NCC(CC)Oc1cccc(F)c1)NCCC(=O)NC(C)C.I. The third-order valence-corrected chi connectivity index (χ3v) is 3.45. The lowest BCUT2D eigenvalue weighted by atomic mass is 10.2. The fourth-order valence-corrected chi connectivity index (χ4v) is 2.21. The zero-order valence-corrected chi connectivity index (χ0v) is 18.9. The molecule has 0 aliphatic rings. The highest BCUT2D eigenvalue weighted by atomic mass is 127. The minimum Gasteiger partial charge on any atom is -0.488 e. The Balaban J connectivity index is 0.00000676. The minimum absolute atomic E-state index is 0. The first-order valence-corrected chi connectivity index (χ1v) is 9.18. The molecule has 0 spiro atoms. The second kappa shape index (κ2) is 14.5. The molecule has 1 amide bonds. The van der Waals surface area contributed by atoms with Crippen molar-refractivity contribution in [2.75, 3.05) is 19.6 Å². The van der Waals surface area contributed by atoms with Gasteiger partial charge in [0.05, 0.1) is 6.54 Å². The molecule has 27 heavy (non-hydrogen) atoms. The highest BCUT2D eigenvalue weighted by Crippen LogP contribution is 2.15. The summed E-state index contributed by atoms with van der Waals surface area (Å²) >= 11 is 0. The van der Waals surface area contributed by atoms with Gasteiger partial charge < -0.3 is 20.7 Å². The molecule has 6 nitrogen and oxygen atoms in total. The van der Waals surface area contributed by atoms with Crippen molar-refractivity contribution in [2.24, 2.45) is 4.99 Å². The van der Waals surface area contributed by atoms with E-state index < -0.39 is 0 Å². The number of ether oxygens (including phenoxy) is 1. The van der Waals surface area contributed by atoms with Gasteiger partial charge >= 0.3 is 0 Å². The summed E-state index contributed by atoms with van der Waals surface area (Å²) in [6.45, 7) is 9.47. The van der Waals surface area contributed by atoms with E-state index >= 15 is 0 Å². The molecular formula is C19H32FIN4O2. The van der Waals surface area contributed by atoms with Crippen LogP contribution >= 0.6 is 24.0 Å². The van der Waals surface area contributed by atoms with Crippen molar-refractivity contribution < 1.29 is 13.9 Å². The van der Waals surface area contributed by atoms with E-state index in [-0.39, 0.29) is 47.8 Å². The largest absolute Gasteiger partial charge is 0.488 e. The maximum absolute atomic E-state index is 13.3. The summed E-state index contributed by atoms with van der Waals surface area (Å²) in [5.41, 5.74) is 0. The second-order valence-corrected chi connectivity index (χ2v) is 6.22. The van der Waals surface area contributed by atoms with Crippen LogP contribution in [0.15, 0.2) is 29.3 Å². The summed E-state index contributed by atoms with van der Waals surface area (Å²) in [4.78, 5) is 16.2. The number of halogens is 2. The maximum atomic E-state index is 13.3. The molecule has 154 valence electrons. The van der Waals surface area contributed by atoms with Crippen LogP contribution in [0.25, 0.3) is 0 Å². The van der Waals surface area contributed by atoms with Crippen LogP contribution in [-0.2, 0) is 4.79 Å². The zero-order valence-electron chi connectivity index (χ0n) is 16.5. The molecule has 0 aliphatic carbocycles. The monoisotopic (exact) mass is 494 g/mol. The predicted molar refractivity (Wildman–Crippen MR) is 118 cm³/mol. The quantitative estimate of drug-likeness (QED) is 0.266. The van der Waals surface area contributed by atoms with Gasteiger partial charge in [0, 0.05) is 31.6 Å². The van der Waals surface area contributed by atoms with Gasteiger partial charge in [-0.25, -0.2) is 9.38 Å². The number of hydrogen-bond acceptors (Lipinski definition) is 3. The van der Waals surface area contributed by atoms with E-state index in [2.05, 4.69) is 20.9 Å². The first-order chi connectivity index (χ1) is 12.4. The normalized spacial score (nSPS) is 12.1. The molecule has 0 saturated carbocycles. The Bertz CT molecular complexity index is 585. The van der Waals surface area contributed by atoms with Crippen molar-refractivity contribution >= 4 is 35.8 Å². The number of benzene rings is 1. The Kier molecular flexibility index (Phi) is 13.6. The molecule has 3 N–H and O–H groups in total. The number of nitrogens with zero attached hydrogens (tertiary/aromatic N) is 1. The number of nitrogens with one attached hydrogen (secondary N) is 3. The van der Waals surface area contributed by atoms with Gasteiger partial charge in [0.25, 0.3) is 0 Å². The van der Waals surface area contributed by atoms with Gasteiger partial charge in [-0.2, -0.15) is 0 Å². The fraction of sp³-hybridized carbons (Fsp3) is 0.579. The van der Waals surface area contributed by atoms with Crippen molar-refractivity contribution in [2.45, 2.75) is 52.7 Å². The van der Waals surface area contributed by atoms with Crippen molar-refractivity contribution in [3.05, 3.63) is 30.1 Å². The van der Waals surface area contributed by atoms with Gasteiger partial charge in [0.15, 0.2) is 5.96 Å². The van der Waals surface area contributed by atoms with E-state index in [1.165, 1.54) is 12.1 Å². The number of guanidine groups is 1. The summed E-state index contributed by atoms with van der Waals surface area (Å²) < 4.78 is 19.1. The van der Waals surface area contributed by atoms with Crippen molar-refractivity contribution in [3.8, 4) is 5.75 Å². The van der Waals surface area contributed by atoms with E-state index in [4.69, 9.17) is 4.74 Å². The number of aliphatic imine (C=N–C) groups is 1. The molecule has 1 rings (SSSR count). The lowest BCUT2D eigenvalue weighted by Crippen LogP contribution is -2.40. The number of rotatable bonds is 10. The van der Waals surface area contributed by atoms with Gasteiger partial charge in [-0.1, -0.05) is 13.0 Å². The molecule has 1 atom stereocenters. The topological polar surface area (TPSA) is 74.8 Å². The average molecular weight is 494 g/mol. The number of hydrogen-bond donors (Lipinski definition) is 3. The van der Waals surface area contributed by atoms with Crippen LogP contribution in [0, 0.1) is 5.82 Å². The lowest BCUT2D eigenvalue weighted by molar-refractivity contribution is -0.121. The van der Waals surface area contributed by atoms with Crippen LogP contribution in [0.3, 0.4) is 0 Å². The predicted octanol–water partition coefficient (Wildman–Crippen LogP) is 3.07. The first kappa shape index (κ1) is 25.4. The maximum Gasteiger partial charge on any atom is 0.221 e. The molecule has 1 aromatic rings. The van der Waals surface area contributed by atoms with E-state index in [0.717, 1.165) is 6.42 Å². The smallest absolute Gasteiger partial charge is 0.221 e. The Morgan fingerprint density at radius 2 is 2.00 bits per heavy atom. The molecule has 1 unspecified atom stereocenters. The molecule has 1 aromatic carbocycles. The van der Waals surface area contributed by atoms with Crippen LogP contribution in [0.2, 0.25) is 0 Å². The Hall–Kier alpha value is -1.58. The molecule has 8 heteroatoms. The lowest BCUT2D eigenvalue weighted by Gasteiger charge is -2.17. The molecule has 0 aromatic heterocycles. The molecule has 0 heterocycles. The Labute approximate surface area is 178 Å². The van der Waals surface area contributed by atoms with Gasteiger partial charge in [-0.05, 0) is 39.3 Å². The van der Waals surface area contributed by atoms with Crippen molar-refractivity contribution in [3.63, 3.8) is 0 Å². The van der Waals surface area contributed by atoms with E-state index in [0.29, 0.717) is 37.8 Å². The van der Waals surface area contributed by atoms with Crippen LogP contribution in [0.4, 0.5) is 4.39 Å². The van der Waals surface area contributed by atoms with Crippen LogP contribution in [-0.4, -0.2) is 43.6 Å². The summed E-state index contributed by atoms with van der Waals surface area (Å²) in [6, 6.07) is 6.23. The summed E-state index contributed by atoms with van der Waals surface area (Å²) in [6.07, 6.45) is 0.965.